The van der Waals surface area contributed by atoms with Crippen molar-refractivity contribution in [3.05, 3.63) is 82.6 Å². The van der Waals surface area contributed by atoms with Crippen molar-refractivity contribution in [3.8, 4) is 11.5 Å². The van der Waals surface area contributed by atoms with Crippen molar-refractivity contribution in [2.24, 2.45) is 0 Å². The molecule has 0 saturated heterocycles. The molecular formula is C25H23ClFN3O4. The lowest BCUT2D eigenvalue weighted by Gasteiger charge is -2.20. The van der Waals surface area contributed by atoms with E-state index in [9.17, 15) is 14.0 Å². The molecule has 0 aliphatic carbocycles. The molecule has 1 heterocycles. The Bertz CT molecular complexity index is 1190. The van der Waals surface area contributed by atoms with Gasteiger partial charge >= 0.3 is 0 Å². The van der Waals surface area contributed by atoms with Gasteiger partial charge in [-0.2, -0.15) is 0 Å². The second-order valence-electron chi connectivity index (χ2n) is 7.71. The second-order valence-corrected chi connectivity index (χ2v) is 8.12. The summed E-state index contributed by atoms with van der Waals surface area (Å²) >= 11 is 6.24. The number of nitrogens with one attached hydrogen (secondary N) is 3. The fourth-order valence-corrected chi connectivity index (χ4v) is 3.58. The van der Waals surface area contributed by atoms with E-state index in [0.29, 0.717) is 46.7 Å². The molecule has 3 aromatic rings. The minimum absolute atomic E-state index is 0.0645. The van der Waals surface area contributed by atoms with Crippen molar-refractivity contribution in [1.29, 1.82) is 0 Å². The van der Waals surface area contributed by atoms with E-state index in [1.807, 2.05) is 19.1 Å². The van der Waals surface area contributed by atoms with Crippen LogP contribution in [-0.4, -0.2) is 31.6 Å². The van der Waals surface area contributed by atoms with Gasteiger partial charge in [0.05, 0.1) is 17.3 Å². The van der Waals surface area contributed by atoms with E-state index >= 15 is 0 Å². The smallest absolute Gasteiger partial charge is 0.255 e. The van der Waals surface area contributed by atoms with Crippen molar-refractivity contribution in [3.63, 3.8) is 0 Å². The first-order valence-electron chi connectivity index (χ1n) is 10.7. The molecule has 176 valence electrons. The van der Waals surface area contributed by atoms with E-state index in [0.717, 1.165) is 5.56 Å². The normalized spacial score (nSPS) is 13.1. The average molecular weight is 484 g/mol. The second kappa shape index (κ2) is 10.5. The summed E-state index contributed by atoms with van der Waals surface area (Å²) in [4.78, 5) is 24.7. The molecule has 0 saturated carbocycles. The van der Waals surface area contributed by atoms with Crippen LogP contribution in [0.1, 0.15) is 28.9 Å². The molecule has 0 radical (unpaired) electrons. The number of carbonyl (C=O) groups excluding carboxylic acids is 2. The number of benzene rings is 3. The highest BCUT2D eigenvalue weighted by molar-refractivity contribution is 6.34. The highest BCUT2D eigenvalue weighted by atomic mass is 35.5. The zero-order chi connectivity index (χ0) is 24.1. The van der Waals surface area contributed by atoms with Gasteiger partial charge in [0.1, 0.15) is 19.0 Å². The number of anilines is 2. The van der Waals surface area contributed by atoms with Crippen LogP contribution in [0.3, 0.4) is 0 Å². The number of hydrogen-bond acceptors (Lipinski definition) is 5. The van der Waals surface area contributed by atoms with Crippen molar-refractivity contribution in [1.82, 2.24) is 5.32 Å². The van der Waals surface area contributed by atoms with Gasteiger partial charge in [-0.25, -0.2) is 4.39 Å². The number of amides is 2. The summed E-state index contributed by atoms with van der Waals surface area (Å²) in [6.07, 6.45) is 0. The van der Waals surface area contributed by atoms with Gasteiger partial charge in [-0.1, -0.05) is 23.7 Å². The van der Waals surface area contributed by atoms with Crippen LogP contribution >= 0.6 is 11.6 Å². The number of rotatable bonds is 7. The lowest BCUT2D eigenvalue weighted by Crippen LogP contribution is -2.30. The Labute approximate surface area is 201 Å². The summed E-state index contributed by atoms with van der Waals surface area (Å²) in [5.41, 5.74) is 2.36. The van der Waals surface area contributed by atoms with Crippen molar-refractivity contribution in [2.75, 3.05) is 30.4 Å². The molecule has 1 unspecified atom stereocenters. The number of fused-ring (bicyclic) bond motifs is 1. The maximum atomic E-state index is 13.0. The predicted octanol–water partition coefficient (Wildman–Crippen LogP) is 4.79. The standard InChI is InChI=1S/C25H23ClFN3O4/c1-15(16-4-8-19(9-5-16)29-25(32)17-2-6-18(27)7-3-17)28-14-24(31)30-21-13-23-22(12-20(21)26)33-10-11-34-23/h2-9,12-13,15,28H,10-11,14H2,1H3,(H,29,32)(H,30,31). The van der Waals surface area contributed by atoms with E-state index in [-0.39, 0.29) is 24.4 Å². The van der Waals surface area contributed by atoms with Crippen LogP contribution in [0, 0.1) is 5.82 Å². The fraction of sp³-hybridized carbons (Fsp3) is 0.200. The van der Waals surface area contributed by atoms with Crippen LogP contribution in [0.5, 0.6) is 11.5 Å². The third-order valence-electron chi connectivity index (χ3n) is 5.25. The van der Waals surface area contributed by atoms with Crippen LogP contribution in [0.2, 0.25) is 5.02 Å². The van der Waals surface area contributed by atoms with E-state index in [2.05, 4.69) is 16.0 Å². The third-order valence-corrected chi connectivity index (χ3v) is 5.56. The molecule has 4 rings (SSSR count). The Balaban J connectivity index is 1.29. The molecule has 0 fully saturated rings. The topological polar surface area (TPSA) is 88.7 Å². The summed E-state index contributed by atoms with van der Waals surface area (Å²) in [7, 11) is 0. The maximum Gasteiger partial charge on any atom is 0.255 e. The van der Waals surface area contributed by atoms with Gasteiger partial charge in [-0.3, -0.25) is 9.59 Å². The van der Waals surface area contributed by atoms with Gasteiger partial charge in [0, 0.05) is 29.4 Å². The number of ether oxygens (including phenoxy) is 2. The maximum absolute atomic E-state index is 13.0. The minimum Gasteiger partial charge on any atom is -0.486 e. The largest absolute Gasteiger partial charge is 0.486 e. The number of halogens is 2. The van der Waals surface area contributed by atoms with Gasteiger partial charge in [0.2, 0.25) is 5.91 Å². The van der Waals surface area contributed by atoms with Gasteiger partial charge in [-0.15, -0.1) is 0 Å². The molecule has 1 atom stereocenters. The van der Waals surface area contributed by atoms with Crippen molar-refractivity contribution >= 4 is 34.8 Å². The molecular weight excluding hydrogens is 461 g/mol. The molecule has 3 N–H and O–H groups in total. The van der Waals surface area contributed by atoms with E-state index < -0.39 is 5.82 Å². The molecule has 0 bridgehead atoms. The molecule has 2 amide bonds. The molecule has 7 nitrogen and oxygen atoms in total. The summed E-state index contributed by atoms with van der Waals surface area (Å²) in [6.45, 7) is 2.89. The molecule has 0 spiro atoms. The van der Waals surface area contributed by atoms with E-state index in [1.165, 1.54) is 24.3 Å². The summed E-state index contributed by atoms with van der Waals surface area (Å²) < 4.78 is 24.0. The SMILES string of the molecule is CC(NCC(=O)Nc1cc2c(cc1Cl)OCCO2)c1ccc(NC(=O)c2ccc(F)cc2)cc1. The molecule has 1 aliphatic rings. The first-order chi connectivity index (χ1) is 16.4. The van der Waals surface area contributed by atoms with Crippen LogP contribution in [0.4, 0.5) is 15.8 Å². The van der Waals surface area contributed by atoms with Gasteiger partial charge in [0.25, 0.3) is 5.91 Å². The lowest BCUT2D eigenvalue weighted by molar-refractivity contribution is -0.115. The van der Waals surface area contributed by atoms with Gasteiger partial charge < -0.3 is 25.4 Å². The Hall–Kier alpha value is -3.62. The van der Waals surface area contributed by atoms with Crippen LogP contribution in [-0.2, 0) is 4.79 Å². The number of hydrogen-bond donors (Lipinski definition) is 3. The van der Waals surface area contributed by atoms with E-state index in [4.69, 9.17) is 21.1 Å². The Morgan fingerprint density at radius 3 is 2.29 bits per heavy atom. The average Bonchev–Trinajstić information content (AvgIpc) is 2.84. The Kier molecular flexibility index (Phi) is 7.30. The molecule has 1 aliphatic heterocycles. The Morgan fingerprint density at radius 2 is 1.62 bits per heavy atom. The first kappa shape index (κ1) is 23.5. The third kappa shape index (κ3) is 5.84. The molecule has 9 heteroatoms. The molecule has 34 heavy (non-hydrogen) atoms. The van der Waals surface area contributed by atoms with Gasteiger partial charge in [-0.05, 0) is 48.9 Å². The van der Waals surface area contributed by atoms with Crippen molar-refractivity contribution < 1.29 is 23.5 Å². The van der Waals surface area contributed by atoms with Crippen LogP contribution < -0.4 is 25.4 Å². The molecule has 3 aromatic carbocycles. The highest BCUT2D eigenvalue weighted by Crippen LogP contribution is 2.37. The highest BCUT2D eigenvalue weighted by Gasteiger charge is 2.17. The van der Waals surface area contributed by atoms with Gasteiger partial charge in [0.15, 0.2) is 11.5 Å². The van der Waals surface area contributed by atoms with E-state index in [1.54, 1.807) is 24.3 Å². The zero-order valence-electron chi connectivity index (χ0n) is 18.4. The zero-order valence-corrected chi connectivity index (χ0v) is 19.1. The first-order valence-corrected chi connectivity index (χ1v) is 11.1. The van der Waals surface area contributed by atoms with Crippen LogP contribution in [0.25, 0.3) is 0 Å². The lowest BCUT2D eigenvalue weighted by atomic mass is 10.1. The minimum atomic E-state index is -0.398. The predicted molar refractivity (Wildman–Crippen MR) is 128 cm³/mol. The fourth-order valence-electron chi connectivity index (χ4n) is 3.38. The van der Waals surface area contributed by atoms with Crippen molar-refractivity contribution in [2.45, 2.75) is 13.0 Å². The molecule has 0 aromatic heterocycles. The Morgan fingerprint density at radius 1 is 0.971 bits per heavy atom. The summed E-state index contributed by atoms with van der Waals surface area (Å²) in [5.74, 6) is 0.115. The quantitative estimate of drug-likeness (QED) is 0.449. The van der Waals surface area contributed by atoms with Crippen LogP contribution in [0.15, 0.2) is 60.7 Å². The monoisotopic (exact) mass is 483 g/mol. The summed E-state index contributed by atoms with van der Waals surface area (Å²) in [6, 6.07) is 15.7. The summed E-state index contributed by atoms with van der Waals surface area (Å²) in [5, 5.41) is 9.07. The number of carbonyl (C=O) groups is 2.